The van der Waals surface area contributed by atoms with Crippen molar-refractivity contribution in [2.75, 3.05) is 6.54 Å². The first-order valence-electron chi connectivity index (χ1n) is 7.36. The Labute approximate surface area is 119 Å². The van der Waals surface area contributed by atoms with E-state index in [-0.39, 0.29) is 0 Å². The van der Waals surface area contributed by atoms with Crippen LogP contribution in [0.5, 0.6) is 0 Å². The SMILES string of the molecule is CCC1(CNCc2nc(Cc3ccccc3)no2)CC1. The van der Waals surface area contributed by atoms with Gasteiger partial charge < -0.3 is 9.84 Å². The van der Waals surface area contributed by atoms with E-state index in [0.29, 0.717) is 17.9 Å². The molecule has 2 aromatic rings. The average Bonchev–Trinajstić information content (AvgIpc) is 3.13. The third-order valence-corrected chi connectivity index (χ3v) is 4.20. The van der Waals surface area contributed by atoms with Crippen LogP contribution in [0.3, 0.4) is 0 Å². The second-order valence-electron chi connectivity index (χ2n) is 5.72. The fourth-order valence-corrected chi connectivity index (χ4v) is 2.48. The number of hydrogen-bond donors (Lipinski definition) is 1. The van der Waals surface area contributed by atoms with Crippen molar-refractivity contribution in [2.24, 2.45) is 5.41 Å². The third kappa shape index (κ3) is 3.25. The Morgan fingerprint density at radius 3 is 2.75 bits per heavy atom. The summed E-state index contributed by atoms with van der Waals surface area (Å²) in [5.41, 5.74) is 1.75. The van der Waals surface area contributed by atoms with Gasteiger partial charge in [-0.25, -0.2) is 0 Å². The fraction of sp³-hybridized carbons (Fsp3) is 0.500. The van der Waals surface area contributed by atoms with E-state index in [1.54, 1.807) is 0 Å². The molecule has 0 aliphatic heterocycles. The largest absolute Gasteiger partial charge is 0.338 e. The second-order valence-corrected chi connectivity index (χ2v) is 5.72. The first kappa shape index (κ1) is 13.3. The summed E-state index contributed by atoms with van der Waals surface area (Å²) in [6.07, 6.45) is 4.67. The smallest absolute Gasteiger partial charge is 0.240 e. The molecule has 0 radical (unpaired) electrons. The predicted octanol–water partition coefficient (Wildman–Crippen LogP) is 2.94. The summed E-state index contributed by atoms with van der Waals surface area (Å²) in [4.78, 5) is 4.43. The monoisotopic (exact) mass is 271 g/mol. The molecule has 4 nitrogen and oxygen atoms in total. The molecular formula is C16H21N3O. The van der Waals surface area contributed by atoms with E-state index >= 15 is 0 Å². The van der Waals surface area contributed by atoms with E-state index in [1.165, 1.54) is 24.8 Å². The minimum absolute atomic E-state index is 0.549. The van der Waals surface area contributed by atoms with Gasteiger partial charge in [0.2, 0.25) is 5.89 Å². The molecule has 1 aromatic carbocycles. The number of hydrogen-bond acceptors (Lipinski definition) is 4. The second kappa shape index (κ2) is 5.75. The fourth-order valence-electron chi connectivity index (χ4n) is 2.48. The van der Waals surface area contributed by atoms with Crippen molar-refractivity contribution in [3.8, 4) is 0 Å². The van der Waals surface area contributed by atoms with E-state index in [9.17, 15) is 0 Å². The van der Waals surface area contributed by atoms with Crippen molar-refractivity contribution in [3.05, 3.63) is 47.6 Å². The highest BCUT2D eigenvalue weighted by atomic mass is 16.5. The third-order valence-electron chi connectivity index (χ3n) is 4.20. The van der Waals surface area contributed by atoms with Crippen LogP contribution in [0.15, 0.2) is 34.9 Å². The number of aromatic nitrogens is 2. The molecule has 1 aliphatic rings. The van der Waals surface area contributed by atoms with Crippen LogP contribution in [0.25, 0.3) is 0 Å². The lowest BCUT2D eigenvalue weighted by Gasteiger charge is -2.11. The molecule has 0 spiro atoms. The van der Waals surface area contributed by atoms with Crippen LogP contribution in [0.2, 0.25) is 0 Å². The first-order chi connectivity index (χ1) is 9.80. The summed E-state index contributed by atoms with van der Waals surface area (Å²) in [7, 11) is 0. The van der Waals surface area contributed by atoms with Gasteiger partial charge in [0.25, 0.3) is 0 Å². The van der Waals surface area contributed by atoms with E-state index < -0.39 is 0 Å². The first-order valence-corrected chi connectivity index (χ1v) is 7.36. The molecule has 0 amide bonds. The predicted molar refractivity (Wildman–Crippen MR) is 77.2 cm³/mol. The van der Waals surface area contributed by atoms with Crippen LogP contribution < -0.4 is 5.32 Å². The summed E-state index contributed by atoms with van der Waals surface area (Å²) in [6.45, 7) is 3.99. The lowest BCUT2D eigenvalue weighted by Crippen LogP contribution is -2.23. The molecule has 0 atom stereocenters. The quantitative estimate of drug-likeness (QED) is 0.841. The van der Waals surface area contributed by atoms with Crippen molar-refractivity contribution in [1.29, 1.82) is 0 Å². The molecule has 0 saturated heterocycles. The molecule has 1 aromatic heterocycles. The van der Waals surface area contributed by atoms with Gasteiger partial charge in [-0.1, -0.05) is 42.4 Å². The lowest BCUT2D eigenvalue weighted by molar-refractivity contribution is 0.351. The van der Waals surface area contributed by atoms with E-state index in [0.717, 1.165) is 18.8 Å². The Morgan fingerprint density at radius 1 is 1.25 bits per heavy atom. The molecule has 4 heteroatoms. The van der Waals surface area contributed by atoms with Crippen LogP contribution in [-0.4, -0.2) is 16.7 Å². The van der Waals surface area contributed by atoms with Crippen LogP contribution in [0.1, 0.15) is 43.5 Å². The molecule has 1 aliphatic carbocycles. The topological polar surface area (TPSA) is 51.0 Å². The van der Waals surface area contributed by atoms with E-state index in [1.807, 2.05) is 18.2 Å². The van der Waals surface area contributed by atoms with Crippen molar-refractivity contribution >= 4 is 0 Å². The van der Waals surface area contributed by atoms with Gasteiger partial charge in [0.05, 0.1) is 6.54 Å². The van der Waals surface area contributed by atoms with Gasteiger partial charge >= 0.3 is 0 Å². The molecular weight excluding hydrogens is 250 g/mol. The highest BCUT2D eigenvalue weighted by Crippen LogP contribution is 2.47. The molecule has 20 heavy (non-hydrogen) atoms. The maximum Gasteiger partial charge on any atom is 0.240 e. The Kier molecular flexibility index (Phi) is 3.83. The maximum atomic E-state index is 5.28. The molecule has 106 valence electrons. The lowest BCUT2D eigenvalue weighted by atomic mass is 10.0. The maximum absolute atomic E-state index is 5.28. The number of nitrogens with zero attached hydrogens (tertiary/aromatic N) is 2. The number of rotatable bonds is 7. The van der Waals surface area contributed by atoms with Gasteiger partial charge in [-0.2, -0.15) is 4.98 Å². The van der Waals surface area contributed by atoms with Crippen LogP contribution in [0.4, 0.5) is 0 Å². The molecule has 1 N–H and O–H groups in total. The van der Waals surface area contributed by atoms with Crippen LogP contribution in [0, 0.1) is 5.41 Å². The number of nitrogens with one attached hydrogen (secondary N) is 1. The summed E-state index contributed by atoms with van der Waals surface area (Å²) in [6, 6.07) is 10.2. The zero-order chi connectivity index (χ0) is 13.8. The zero-order valence-electron chi connectivity index (χ0n) is 11.9. The van der Waals surface area contributed by atoms with Gasteiger partial charge in [0.15, 0.2) is 5.82 Å². The Bertz CT molecular complexity index is 546. The molecule has 1 saturated carbocycles. The van der Waals surface area contributed by atoms with Gasteiger partial charge in [-0.3, -0.25) is 0 Å². The van der Waals surface area contributed by atoms with Gasteiger partial charge in [0.1, 0.15) is 0 Å². The molecule has 1 fully saturated rings. The normalized spacial score (nSPS) is 16.2. The molecule has 1 heterocycles. The van der Waals surface area contributed by atoms with Crippen molar-refractivity contribution in [3.63, 3.8) is 0 Å². The highest BCUT2D eigenvalue weighted by Gasteiger charge is 2.39. The van der Waals surface area contributed by atoms with Crippen molar-refractivity contribution in [1.82, 2.24) is 15.5 Å². The van der Waals surface area contributed by atoms with E-state index in [2.05, 4.69) is 34.5 Å². The summed E-state index contributed by atoms with van der Waals surface area (Å²) in [5.74, 6) is 1.44. The minimum atomic E-state index is 0.549. The van der Waals surface area contributed by atoms with Crippen molar-refractivity contribution in [2.45, 2.75) is 39.2 Å². The summed E-state index contributed by atoms with van der Waals surface area (Å²) < 4.78 is 5.28. The van der Waals surface area contributed by atoms with Gasteiger partial charge in [-0.15, -0.1) is 0 Å². The standard InChI is InChI=1S/C16H21N3O/c1-2-16(8-9-16)12-17-11-15-18-14(19-20-15)10-13-6-4-3-5-7-13/h3-7,17H,2,8-12H2,1H3. The summed E-state index contributed by atoms with van der Waals surface area (Å²) in [5, 5.41) is 7.47. The van der Waals surface area contributed by atoms with E-state index in [4.69, 9.17) is 4.52 Å². The molecule has 0 bridgehead atoms. The van der Waals surface area contributed by atoms with Gasteiger partial charge in [0, 0.05) is 13.0 Å². The van der Waals surface area contributed by atoms with Gasteiger partial charge in [-0.05, 0) is 30.2 Å². The van der Waals surface area contributed by atoms with Crippen LogP contribution in [-0.2, 0) is 13.0 Å². The Morgan fingerprint density at radius 2 is 2.05 bits per heavy atom. The summed E-state index contributed by atoms with van der Waals surface area (Å²) >= 11 is 0. The van der Waals surface area contributed by atoms with Crippen LogP contribution >= 0.6 is 0 Å². The number of benzene rings is 1. The molecule has 0 unspecified atom stereocenters. The average molecular weight is 271 g/mol. The Hall–Kier alpha value is -1.68. The van der Waals surface area contributed by atoms with Crippen molar-refractivity contribution < 1.29 is 4.52 Å². The molecule has 3 rings (SSSR count). The Balaban J connectivity index is 1.49. The highest BCUT2D eigenvalue weighted by molar-refractivity contribution is 5.18. The zero-order valence-corrected chi connectivity index (χ0v) is 11.9. The minimum Gasteiger partial charge on any atom is -0.338 e.